The Hall–Kier alpha value is -1.71. The first-order chi connectivity index (χ1) is 9.24. The molecule has 0 amide bonds. The summed E-state index contributed by atoms with van der Waals surface area (Å²) in [5, 5.41) is 3.50. The van der Waals surface area contributed by atoms with Crippen molar-refractivity contribution in [3.05, 3.63) is 71.0 Å². The van der Waals surface area contributed by atoms with Crippen molar-refractivity contribution in [2.75, 3.05) is 0 Å². The molecule has 0 saturated carbocycles. The second kappa shape index (κ2) is 5.11. The van der Waals surface area contributed by atoms with Crippen LogP contribution in [-0.2, 0) is 6.54 Å². The lowest BCUT2D eigenvalue weighted by Gasteiger charge is -2.14. The summed E-state index contributed by atoms with van der Waals surface area (Å²) in [7, 11) is 0. The third-order valence-corrected chi connectivity index (χ3v) is 3.73. The second-order valence-electron chi connectivity index (χ2n) is 5.03. The summed E-state index contributed by atoms with van der Waals surface area (Å²) in [6, 6.07) is 15.3. The van der Waals surface area contributed by atoms with E-state index in [1.165, 1.54) is 23.3 Å². The Labute approximate surface area is 112 Å². The summed E-state index contributed by atoms with van der Waals surface area (Å²) in [5.41, 5.74) is 9.74. The van der Waals surface area contributed by atoms with Crippen LogP contribution >= 0.6 is 0 Å². The first-order valence-corrected chi connectivity index (χ1v) is 6.56. The molecule has 0 saturated heterocycles. The van der Waals surface area contributed by atoms with Gasteiger partial charge in [0.05, 0.1) is 0 Å². The first-order valence-electron chi connectivity index (χ1n) is 6.56. The highest BCUT2D eigenvalue weighted by Crippen LogP contribution is 2.36. The molecule has 0 aliphatic heterocycles. The van der Waals surface area contributed by atoms with Crippen LogP contribution in [0.1, 0.15) is 35.2 Å². The van der Waals surface area contributed by atoms with Gasteiger partial charge in [-0.3, -0.25) is 0 Å². The van der Waals surface area contributed by atoms with E-state index >= 15 is 0 Å². The van der Waals surface area contributed by atoms with E-state index in [9.17, 15) is 4.39 Å². The topological polar surface area (TPSA) is 38.0 Å². The Kier molecular flexibility index (Phi) is 3.32. The molecule has 3 rings (SSSR count). The van der Waals surface area contributed by atoms with Crippen molar-refractivity contribution in [2.45, 2.75) is 25.0 Å². The molecule has 2 atom stereocenters. The van der Waals surface area contributed by atoms with Crippen molar-refractivity contribution in [3.63, 3.8) is 0 Å². The van der Waals surface area contributed by atoms with Crippen LogP contribution in [0, 0.1) is 5.82 Å². The lowest BCUT2D eigenvalue weighted by atomic mass is 10.1. The maximum absolute atomic E-state index is 12.8. The molecule has 0 radical (unpaired) electrons. The van der Waals surface area contributed by atoms with Crippen LogP contribution in [-0.4, -0.2) is 0 Å². The third kappa shape index (κ3) is 2.53. The fourth-order valence-corrected chi connectivity index (χ4v) is 2.71. The van der Waals surface area contributed by atoms with Crippen molar-refractivity contribution in [3.8, 4) is 0 Å². The van der Waals surface area contributed by atoms with Gasteiger partial charge in [-0.15, -0.1) is 0 Å². The average Bonchev–Trinajstić information content (AvgIpc) is 2.76. The standard InChI is InChI=1S/C16H17FN2/c17-12-7-5-11(6-8-12)10-19-16-9-15(18)13-3-1-2-4-14(13)16/h1-8,15-16,19H,9-10,18H2. The fourth-order valence-electron chi connectivity index (χ4n) is 2.71. The summed E-state index contributed by atoms with van der Waals surface area (Å²) in [6.07, 6.45) is 0.917. The van der Waals surface area contributed by atoms with Gasteiger partial charge in [0, 0.05) is 18.6 Å². The Morgan fingerprint density at radius 3 is 2.47 bits per heavy atom. The van der Waals surface area contributed by atoms with Crippen molar-refractivity contribution in [2.24, 2.45) is 5.73 Å². The number of fused-ring (bicyclic) bond motifs is 1. The average molecular weight is 256 g/mol. The Morgan fingerprint density at radius 1 is 1.05 bits per heavy atom. The molecule has 1 aliphatic carbocycles. The summed E-state index contributed by atoms with van der Waals surface area (Å²) < 4.78 is 12.8. The predicted octanol–water partition coefficient (Wildman–Crippen LogP) is 3.06. The molecular weight excluding hydrogens is 239 g/mol. The quantitative estimate of drug-likeness (QED) is 0.885. The Bertz CT molecular complexity index is 565. The van der Waals surface area contributed by atoms with Crippen LogP contribution in [0.25, 0.3) is 0 Å². The lowest BCUT2D eigenvalue weighted by molar-refractivity contribution is 0.498. The SMILES string of the molecule is NC1CC(NCc2ccc(F)cc2)c2ccccc21. The number of benzene rings is 2. The molecule has 0 fully saturated rings. The van der Waals surface area contributed by atoms with Gasteiger partial charge in [0.25, 0.3) is 0 Å². The van der Waals surface area contributed by atoms with Gasteiger partial charge >= 0.3 is 0 Å². The van der Waals surface area contributed by atoms with E-state index in [1.54, 1.807) is 0 Å². The van der Waals surface area contributed by atoms with Crippen molar-refractivity contribution < 1.29 is 4.39 Å². The van der Waals surface area contributed by atoms with E-state index in [0.29, 0.717) is 0 Å². The maximum atomic E-state index is 12.8. The van der Waals surface area contributed by atoms with Gasteiger partial charge in [0.15, 0.2) is 0 Å². The third-order valence-electron chi connectivity index (χ3n) is 3.73. The van der Waals surface area contributed by atoms with E-state index < -0.39 is 0 Å². The molecule has 2 aromatic rings. The minimum absolute atomic E-state index is 0.113. The number of halogens is 1. The van der Waals surface area contributed by atoms with Crippen LogP contribution in [0.5, 0.6) is 0 Å². The van der Waals surface area contributed by atoms with Gasteiger partial charge in [-0.2, -0.15) is 0 Å². The van der Waals surface area contributed by atoms with Crippen molar-refractivity contribution in [1.82, 2.24) is 5.32 Å². The molecule has 19 heavy (non-hydrogen) atoms. The van der Waals surface area contributed by atoms with Crippen LogP contribution in [0.4, 0.5) is 4.39 Å². The predicted molar refractivity (Wildman–Crippen MR) is 74.0 cm³/mol. The van der Waals surface area contributed by atoms with Gasteiger partial charge in [-0.05, 0) is 35.2 Å². The zero-order chi connectivity index (χ0) is 13.2. The molecule has 2 aromatic carbocycles. The molecule has 0 spiro atoms. The summed E-state index contributed by atoms with van der Waals surface area (Å²) in [5.74, 6) is -0.197. The van der Waals surface area contributed by atoms with Crippen LogP contribution in [0.15, 0.2) is 48.5 Å². The second-order valence-corrected chi connectivity index (χ2v) is 5.03. The lowest BCUT2D eigenvalue weighted by Crippen LogP contribution is -2.19. The molecule has 0 bridgehead atoms. The minimum Gasteiger partial charge on any atom is -0.324 e. The van der Waals surface area contributed by atoms with Crippen LogP contribution < -0.4 is 11.1 Å². The van der Waals surface area contributed by atoms with Crippen molar-refractivity contribution in [1.29, 1.82) is 0 Å². The Morgan fingerprint density at radius 2 is 1.74 bits per heavy atom. The smallest absolute Gasteiger partial charge is 0.123 e. The molecular formula is C16H17FN2. The van der Waals surface area contributed by atoms with E-state index in [2.05, 4.69) is 17.4 Å². The molecule has 0 aromatic heterocycles. The summed E-state index contributed by atoms with van der Waals surface area (Å²) in [4.78, 5) is 0. The van der Waals surface area contributed by atoms with E-state index in [4.69, 9.17) is 5.73 Å². The molecule has 98 valence electrons. The Balaban J connectivity index is 1.70. The number of hydrogen-bond donors (Lipinski definition) is 2. The largest absolute Gasteiger partial charge is 0.324 e. The van der Waals surface area contributed by atoms with E-state index in [0.717, 1.165) is 18.5 Å². The van der Waals surface area contributed by atoms with Gasteiger partial charge < -0.3 is 11.1 Å². The highest BCUT2D eigenvalue weighted by atomic mass is 19.1. The summed E-state index contributed by atoms with van der Waals surface area (Å²) >= 11 is 0. The van der Waals surface area contributed by atoms with E-state index in [-0.39, 0.29) is 17.9 Å². The highest BCUT2D eigenvalue weighted by Gasteiger charge is 2.27. The molecule has 0 heterocycles. The van der Waals surface area contributed by atoms with Gasteiger partial charge in [-0.1, -0.05) is 36.4 Å². The summed E-state index contributed by atoms with van der Waals surface area (Å²) in [6.45, 7) is 0.728. The van der Waals surface area contributed by atoms with E-state index in [1.807, 2.05) is 24.3 Å². The molecule has 1 aliphatic rings. The number of nitrogens with one attached hydrogen (secondary N) is 1. The first kappa shape index (κ1) is 12.3. The monoisotopic (exact) mass is 256 g/mol. The fraction of sp³-hybridized carbons (Fsp3) is 0.250. The number of hydrogen-bond acceptors (Lipinski definition) is 2. The van der Waals surface area contributed by atoms with Crippen molar-refractivity contribution >= 4 is 0 Å². The normalized spacial score (nSPS) is 21.4. The minimum atomic E-state index is -0.197. The molecule has 3 N–H and O–H groups in total. The molecule has 3 heteroatoms. The zero-order valence-corrected chi connectivity index (χ0v) is 10.6. The van der Waals surface area contributed by atoms with Gasteiger partial charge in [-0.25, -0.2) is 4.39 Å². The molecule has 2 nitrogen and oxygen atoms in total. The van der Waals surface area contributed by atoms with Crippen LogP contribution in [0.2, 0.25) is 0 Å². The highest BCUT2D eigenvalue weighted by molar-refractivity contribution is 5.37. The zero-order valence-electron chi connectivity index (χ0n) is 10.6. The number of rotatable bonds is 3. The van der Waals surface area contributed by atoms with Gasteiger partial charge in [0.1, 0.15) is 5.82 Å². The number of nitrogens with two attached hydrogens (primary N) is 1. The van der Waals surface area contributed by atoms with Crippen LogP contribution in [0.3, 0.4) is 0 Å². The van der Waals surface area contributed by atoms with Gasteiger partial charge in [0.2, 0.25) is 0 Å². The maximum Gasteiger partial charge on any atom is 0.123 e. The molecule has 2 unspecified atom stereocenters.